The van der Waals surface area contributed by atoms with E-state index in [1.165, 1.54) is 0 Å². The second-order valence-corrected chi connectivity index (χ2v) is 5.50. The maximum atomic E-state index is 12.4. The summed E-state index contributed by atoms with van der Waals surface area (Å²) in [6, 6.07) is 7.24. The van der Waals surface area contributed by atoms with Gasteiger partial charge in [0.2, 0.25) is 5.91 Å². The number of hydrogen-bond acceptors (Lipinski definition) is 2. The number of rotatable bonds is 3. The molecule has 1 aliphatic heterocycles. The molecule has 0 spiro atoms. The van der Waals surface area contributed by atoms with Crippen LogP contribution in [0.15, 0.2) is 24.3 Å². The van der Waals surface area contributed by atoms with Crippen LogP contribution in [0.4, 0.5) is 0 Å². The molecule has 0 aromatic heterocycles. The van der Waals surface area contributed by atoms with Crippen molar-refractivity contribution in [1.82, 2.24) is 4.90 Å². The lowest BCUT2D eigenvalue weighted by atomic mass is 9.89. The Morgan fingerprint density at radius 2 is 2.21 bits per heavy atom. The van der Waals surface area contributed by atoms with E-state index in [4.69, 9.17) is 17.3 Å². The lowest BCUT2D eigenvalue weighted by Gasteiger charge is -2.21. The number of alkyl halides is 1. The zero-order chi connectivity index (χ0) is 14.0. The van der Waals surface area contributed by atoms with Gasteiger partial charge in [0.15, 0.2) is 0 Å². The van der Waals surface area contributed by atoms with Crippen LogP contribution in [-0.2, 0) is 10.7 Å². The number of nitrogens with zero attached hydrogens (tertiary/aromatic N) is 1. The summed E-state index contributed by atoms with van der Waals surface area (Å²) >= 11 is 5.76. The highest BCUT2D eigenvalue weighted by molar-refractivity contribution is 6.17. The minimum Gasteiger partial charge on any atom is -0.369 e. The van der Waals surface area contributed by atoms with Crippen molar-refractivity contribution in [2.24, 2.45) is 11.1 Å². The fourth-order valence-electron chi connectivity index (χ4n) is 2.31. The van der Waals surface area contributed by atoms with E-state index < -0.39 is 5.41 Å². The van der Waals surface area contributed by atoms with E-state index in [2.05, 4.69) is 0 Å². The fourth-order valence-corrected chi connectivity index (χ4v) is 2.47. The van der Waals surface area contributed by atoms with Crippen LogP contribution in [0, 0.1) is 5.41 Å². The van der Waals surface area contributed by atoms with Crippen molar-refractivity contribution < 1.29 is 9.59 Å². The maximum Gasteiger partial charge on any atom is 0.253 e. The molecule has 102 valence electrons. The average molecular weight is 281 g/mol. The molecule has 1 heterocycles. The van der Waals surface area contributed by atoms with Gasteiger partial charge in [0, 0.05) is 24.5 Å². The van der Waals surface area contributed by atoms with Crippen LogP contribution in [0.1, 0.15) is 29.3 Å². The quantitative estimate of drug-likeness (QED) is 0.858. The molecule has 1 atom stereocenters. The molecule has 2 rings (SSSR count). The van der Waals surface area contributed by atoms with Gasteiger partial charge in [0.1, 0.15) is 0 Å². The highest BCUT2D eigenvalue weighted by Crippen LogP contribution is 2.30. The molecular weight excluding hydrogens is 264 g/mol. The number of carbonyl (C=O) groups excluding carboxylic acids is 2. The van der Waals surface area contributed by atoms with E-state index in [-0.39, 0.29) is 11.8 Å². The lowest BCUT2D eigenvalue weighted by Crippen LogP contribution is -2.38. The van der Waals surface area contributed by atoms with E-state index in [0.29, 0.717) is 31.0 Å². The summed E-state index contributed by atoms with van der Waals surface area (Å²) in [5.74, 6) is -0.0469. The summed E-state index contributed by atoms with van der Waals surface area (Å²) in [4.78, 5) is 25.4. The predicted octanol–water partition coefficient (Wildman–Crippen LogP) is 1.76. The molecule has 1 aliphatic rings. The van der Waals surface area contributed by atoms with Crippen LogP contribution in [0.2, 0.25) is 0 Å². The molecule has 1 unspecified atom stereocenters. The monoisotopic (exact) mass is 280 g/mol. The standard InChI is InChI=1S/C14H17ClN2O2/c1-14(13(16)19)5-6-17(9-14)12(18)11-4-2-3-10(7-11)8-15/h2-4,7H,5-6,8-9H2,1H3,(H2,16,19). The number of carbonyl (C=O) groups is 2. The predicted molar refractivity (Wildman–Crippen MR) is 73.8 cm³/mol. The van der Waals surface area contributed by atoms with Crippen LogP contribution >= 0.6 is 11.6 Å². The Morgan fingerprint density at radius 3 is 2.79 bits per heavy atom. The Balaban J connectivity index is 2.15. The first-order valence-electron chi connectivity index (χ1n) is 6.20. The molecular formula is C14H17ClN2O2. The van der Waals surface area contributed by atoms with Gasteiger partial charge in [-0.1, -0.05) is 12.1 Å². The second-order valence-electron chi connectivity index (χ2n) is 5.24. The van der Waals surface area contributed by atoms with Crippen molar-refractivity contribution in [2.45, 2.75) is 19.2 Å². The zero-order valence-electron chi connectivity index (χ0n) is 10.9. The molecule has 2 N–H and O–H groups in total. The van der Waals surface area contributed by atoms with E-state index in [9.17, 15) is 9.59 Å². The van der Waals surface area contributed by atoms with Gasteiger partial charge in [-0.05, 0) is 31.0 Å². The van der Waals surface area contributed by atoms with Gasteiger partial charge in [0.25, 0.3) is 5.91 Å². The average Bonchev–Trinajstić information content (AvgIpc) is 2.82. The van der Waals surface area contributed by atoms with Crippen LogP contribution in [0.3, 0.4) is 0 Å². The number of nitrogens with two attached hydrogens (primary N) is 1. The first-order chi connectivity index (χ1) is 8.96. The van der Waals surface area contributed by atoms with E-state index in [0.717, 1.165) is 5.56 Å². The molecule has 1 fully saturated rings. The molecule has 0 aliphatic carbocycles. The van der Waals surface area contributed by atoms with E-state index in [1.807, 2.05) is 12.1 Å². The summed E-state index contributed by atoms with van der Waals surface area (Å²) in [6.45, 7) is 2.74. The number of primary amides is 1. The largest absolute Gasteiger partial charge is 0.369 e. The molecule has 0 bridgehead atoms. The van der Waals surface area contributed by atoms with E-state index in [1.54, 1.807) is 24.0 Å². The molecule has 19 heavy (non-hydrogen) atoms. The molecule has 1 saturated heterocycles. The minimum atomic E-state index is -0.611. The number of likely N-dealkylation sites (tertiary alicyclic amines) is 1. The SMILES string of the molecule is CC1(C(N)=O)CCN(C(=O)c2cccc(CCl)c2)C1. The summed E-state index contributed by atoms with van der Waals surface area (Å²) in [5.41, 5.74) is 6.28. The molecule has 5 heteroatoms. The molecule has 1 aromatic rings. The van der Waals surface area contributed by atoms with Crippen molar-refractivity contribution in [3.63, 3.8) is 0 Å². The van der Waals surface area contributed by atoms with Crippen molar-refractivity contribution in [1.29, 1.82) is 0 Å². The van der Waals surface area contributed by atoms with E-state index >= 15 is 0 Å². The summed E-state index contributed by atoms with van der Waals surface area (Å²) in [7, 11) is 0. The Kier molecular flexibility index (Phi) is 3.80. The normalized spacial score (nSPS) is 22.5. The Hall–Kier alpha value is -1.55. The Labute approximate surface area is 117 Å². The van der Waals surface area contributed by atoms with Gasteiger partial charge >= 0.3 is 0 Å². The summed E-state index contributed by atoms with van der Waals surface area (Å²) in [6.07, 6.45) is 0.614. The Bertz CT molecular complexity index is 518. The first-order valence-corrected chi connectivity index (χ1v) is 6.74. The minimum absolute atomic E-state index is 0.0723. The van der Waals surface area contributed by atoms with Gasteiger partial charge in [-0.25, -0.2) is 0 Å². The summed E-state index contributed by atoms with van der Waals surface area (Å²) in [5, 5.41) is 0. The lowest BCUT2D eigenvalue weighted by molar-refractivity contribution is -0.126. The first kappa shape index (κ1) is 13.9. The highest BCUT2D eigenvalue weighted by atomic mass is 35.5. The number of hydrogen-bond donors (Lipinski definition) is 1. The maximum absolute atomic E-state index is 12.4. The number of benzene rings is 1. The number of halogens is 1. The van der Waals surface area contributed by atoms with Crippen molar-refractivity contribution >= 4 is 23.4 Å². The smallest absolute Gasteiger partial charge is 0.253 e. The third kappa shape index (κ3) is 2.73. The topological polar surface area (TPSA) is 63.4 Å². The molecule has 1 aromatic carbocycles. The molecule has 2 amide bonds. The third-order valence-electron chi connectivity index (χ3n) is 3.68. The van der Waals surface area contributed by atoms with Crippen molar-refractivity contribution in [3.05, 3.63) is 35.4 Å². The van der Waals surface area contributed by atoms with Crippen molar-refractivity contribution in [3.8, 4) is 0 Å². The van der Waals surface area contributed by atoms with Gasteiger partial charge in [-0.2, -0.15) is 0 Å². The Morgan fingerprint density at radius 1 is 1.47 bits per heavy atom. The van der Waals surface area contributed by atoms with Crippen LogP contribution < -0.4 is 5.73 Å². The highest BCUT2D eigenvalue weighted by Gasteiger charge is 2.40. The molecule has 0 radical (unpaired) electrons. The second kappa shape index (κ2) is 5.21. The zero-order valence-corrected chi connectivity index (χ0v) is 11.6. The van der Waals surface area contributed by atoms with Gasteiger partial charge in [0.05, 0.1) is 5.41 Å². The van der Waals surface area contributed by atoms with Crippen molar-refractivity contribution in [2.75, 3.05) is 13.1 Å². The van der Waals surface area contributed by atoms with Crippen LogP contribution in [0.5, 0.6) is 0 Å². The number of amides is 2. The molecule has 0 saturated carbocycles. The van der Waals surface area contributed by atoms with Gasteiger partial charge < -0.3 is 10.6 Å². The molecule has 4 nitrogen and oxygen atoms in total. The van der Waals surface area contributed by atoms with Gasteiger partial charge in [-0.3, -0.25) is 9.59 Å². The van der Waals surface area contributed by atoms with Crippen LogP contribution in [0.25, 0.3) is 0 Å². The fraction of sp³-hybridized carbons (Fsp3) is 0.429. The van der Waals surface area contributed by atoms with Crippen LogP contribution in [-0.4, -0.2) is 29.8 Å². The summed E-state index contributed by atoms with van der Waals surface area (Å²) < 4.78 is 0. The third-order valence-corrected chi connectivity index (χ3v) is 3.99. The van der Waals surface area contributed by atoms with Gasteiger partial charge in [-0.15, -0.1) is 11.6 Å².